The number of hydrogen-bond acceptors (Lipinski definition) is 12. The molecule has 0 aromatic heterocycles. The third-order valence-electron chi connectivity index (χ3n) is 16.1. The van der Waals surface area contributed by atoms with Crippen LogP contribution >= 0.6 is 0 Å². The number of rotatable bonds is 15. The maximum absolute atomic E-state index is 15.1. The van der Waals surface area contributed by atoms with Gasteiger partial charge in [-0.25, -0.2) is 0 Å². The molecule has 12 atom stereocenters. The number of carbonyl (C=O) groups excluding carboxylic acids is 11. The zero-order valence-corrected chi connectivity index (χ0v) is 56.1. The Hall–Kier alpha value is -6.13. The molecule has 0 unspecified atom stereocenters. The molecule has 1 fully saturated rings. The maximum atomic E-state index is 15.1. The monoisotopic (exact) mass is 1200 g/mol. The van der Waals surface area contributed by atoms with E-state index in [1.54, 1.807) is 54.5 Å². The molecule has 5 N–H and O–H groups in total. The van der Waals surface area contributed by atoms with E-state index < -0.39 is 156 Å². The van der Waals surface area contributed by atoms with E-state index in [2.05, 4.69) is 21.3 Å². The predicted octanol–water partition coefficient (Wildman–Crippen LogP) is 3.27. The van der Waals surface area contributed by atoms with Crippen molar-refractivity contribution in [1.82, 2.24) is 55.6 Å². The van der Waals surface area contributed by atoms with Crippen LogP contribution in [0.25, 0.3) is 0 Å². The molecule has 1 heterocycles. The van der Waals surface area contributed by atoms with E-state index in [4.69, 9.17) is 0 Å². The van der Waals surface area contributed by atoms with Crippen molar-refractivity contribution >= 4 is 65.0 Å². The number of aliphatic hydroxyl groups excluding tert-OH is 1. The fraction of sp³-hybridized carbons (Fsp3) is 0.790. The number of hydrogen-bond donors (Lipinski definition) is 5. The van der Waals surface area contributed by atoms with E-state index in [0.29, 0.717) is 6.42 Å². The van der Waals surface area contributed by atoms with Gasteiger partial charge in [-0.1, -0.05) is 109 Å². The average molecular weight is 1200 g/mol. The minimum Gasteiger partial charge on any atom is -0.390 e. The van der Waals surface area contributed by atoms with E-state index >= 15 is 9.59 Å². The molecule has 0 bridgehead atoms. The first kappa shape index (κ1) is 76.9. The van der Waals surface area contributed by atoms with Gasteiger partial charge in [0.15, 0.2) is 0 Å². The summed E-state index contributed by atoms with van der Waals surface area (Å²) >= 11 is 0. The number of nitrogens with zero attached hydrogens (tertiary/aromatic N) is 7. The van der Waals surface area contributed by atoms with Crippen molar-refractivity contribution in [2.45, 2.75) is 223 Å². The summed E-state index contributed by atoms with van der Waals surface area (Å²) in [7, 11) is 9.92. The Balaban J connectivity index is 4.32. The molecule has 23 nitrogen and oxygen atoms in total. The van der Waals surface area contributed by atoms with Crippen LogP contribution in [-0.4, -0.2) is 227 Å². The van der Waals surface area contributed by atoms with Gasteiger partial charge in [-0.15, -0.1) is 0 Å². The second-order valence-electron chi connectivity index (χ2n) is 26.1. The highest BCUT2D eigenvalue weighted by molar-refractivity contribution is 5.99. The summed E-state index contributed by atoms with van der Waals surface area (Å²) < 4.78 is 0. The molecule has 486 valence electrons. The Morgan fingerprint density at radius 2 is 0.871 bits per heavy atom. The van der Waals surface area contributed by atoms with Crippen LogP contribution in [-0.2, 0) is 52.7 Å². The Kier molecular flexibility index (Phi) is 31.5. The number of amides is 11. The molecule has 0 spiro atoms. The summed E-state index contributed by atoms with van der Waals surface area (Å²) in [5.74, 6) is -9.71. The molecule has 0 saturated carbocycles. The normalized spacial score (nSPS) is 26.9. The fourth-order valence-electron chi connectivity index (χ4n) is 10.7. The molecular formula is C62H111N11O12. The van der Waals surface area contributed by atoms with Crippen LogP contribution in [0.2, 0.25) is 0 Å². The van der Waals surface area contributed by atoms with Crippen LogP contribution in [0.15, 0.2) is 12.2 Å². The third kappa shape index (κ3) is 21.7. The molecule has 0 aromatic carbocycles. The zero-order chi connectivity index (χ0) is 66.0. The van der Waals surface area contributed by atoms with Gasteiger partial charge in [0.25, 0.3) is 0 Å². The van der Waals surface area contributed by atoms with Gasteiger partial charge in [0.1, 0.15) is 60.4 Å². The van der Waals surface area contributed by atoms with Crippen LogP contribution in [0.4, 0.5) is 0 Å². The van der Waals surface area contributed by atoms with Crippen LogP contribution < -0.4 is 21.3 Å². The van der Waals surface area contributed by atoms with Crippen LogP contribution in [0.1, 0.15) is 156 Å². The quantitative estimate of drug-likeness (QED) is 0.148. The Labute approximate surface area is 508 Å². The highest BCUT2D eigenvalue weighted by Gasteiger charge is 2.45. The van der Waals surface area contributed by atoms with Crippen molar-refractivity contribution in [3.05, 3.63) is 12.2 Å². The molecule has 0 radical (unpaired) electrons. The van der Waals surface area contributed by atoms with Gasteiger partial charge >= 0.3 is 0 Å². The molecular weight excluding hydrogens is 1090 g/mol. The van der Waals surface area contributed by atoms with Crippen LogP contribution in [0.5, 0.6) is 0 Å². The minimum atomic E-state index is -1.61. The molecule has 23 heteroatoms. The average Bonchev–Trinajstić information content (AvgIpc) is 3.62. The van der Waals surface area contributed by atoms with Gasteiger partial charge in [0.2, 0.25) is 65.0 Å². The number of allylic oxidation sites excluding steroid dienone is 2. The summed E-state index contributed by atoms with van der Waals surface area (Å²) in [5.41, 5.74) is 0. The van der Waals surface area contributed by atoms with Crippen molar-refractivity contribution in [2.24, 2.45) is 41.4 Å². The SMILES string of the molecule is C/C=C/C[C@@H](C)[C@@H](O)[C@@H]1C(=O)N[C@@H](CC)C(=O)N(C)CC(=O)N(C)[C@H](CC(C)C)C(=O)N[C@H](C(C)C)C(=O)N(C)[C@@H](CC(C)C)C(=O)N[C@H](C)C(=O)N[C@H](C)C(=O)N(C)[C@H](CC(C)C)C(=O)N(C)[C@H](CC(C)C)C(=O)N(C)[C@@H](C(C)C)C(=O)N1C. The molecule has 11 amide bonds. The highest BCUT2D eigenvalue weighted by atomic mass is 16.3. The van der Waals surface area contributed by atoms with Gasteiger partial charge in [-0.05, 0) is 101 Å². The Morgan fingerprint density at radius 1 is 0.459 bits per heavy atom. The summed E-state index contributed by atoms with van der Waals surface area (Å²) in [5, 5.41) is 23.1. The van der Waals surface area contributed by atoms with Crippen molar-refractivity contribution in [3.8, 4) is 0 Å². The molecule has 1 saturated heterocycles. The van der Waals surface area contributed by atoms with Crippen molar-refractivity contribution in [1.29, 1.82) is 0 Å². The number of aliphatic hydroxyl groups is 1. The van der Waals surface area contributed by atoms with Gasteiger partial charge in [-0.2, -0.15) is 0 Å². The highest BCUT2D eigenvalue weighted by Crippen LogP contribution is 2.26. The van der Waals surface area contributed by atoms with Gasteiger partial charge in [0.05, 0.1) is 12.6 Å². The Bertz CT molecular complexity index is 2330. The molecule has 85 heavy (non-hydrogen) atoms. The first-order valence-electron chi connectivity index (χ1n) is 30.6. The lowest BCUT2D eigenvalue weighted by Crippen LogP contribution is -2.63. The molecule has 1 rings (SSSR count). The summed E-state index contributed by atoms with van der Waals surface area (Å²) in [6, 6.07) is -12.3. The lowest BCUT2D eigenvalue weighted by molar-refractivity contribution is -0.157. The largest absolute Gasteiger partial charge is 0.390 e. The minimum absolute atomic E-state index is 0.0229. The van der Waals surface area contributed by atoms with Crippen molar-refractivity contribution in [2.75, 3.05) is 55.9 Å². The number of likely N-dealkylation sites (N-methyl/N-ethyl adjacent to an activating group) is 7. The van der Waals surface area contributed by atoms with E-state index in [0.717, 1.165) is 9.80 Å². The summed E-state index contributed by atoms with van der Waals surface area (Å²) in [6.45, 7) is 29.3. The maximum Gasteiger partial charge on any atom is 0.246 e. The first-order chi connectivity index (χ1) is 39.2. The molecule has 0 aromatic rings. The van der Waals surface area contributed by atoms with E-state index in [1.165, 1.54) is 87.7 Å². The molecule has 0 aliphatic carbocycles. The molecule has 1 aliphatic rings. The van der Waals surface area contributed by atoms with E-state index in [9.17, 15) is 48.3 Å². The third-order valence-corrected chi connectivity index (χ3v) is 16.1. The van der Waals surface area contributed by atoms with Crippen molar-refractivity contribution in [3.63, 3.8) is 0 Å². The first-order valence-corrected chi connectivity index (χ1v) is 30.6. The van der Waals surface area contributed by atoms with Gasteiger partial charge in [0, 0.05) is 49.3 Å². The summed E-state index contributed by atoms with van der Waals surface area (Å²) in [6.07, 6.45) is 3.04. The van der Waals surface area contributed by atoms with E-state index in [1.807, 2.05) is 61.5 Å². The van der Waals surface area contributed by atoms with Crippen molar-refractivity contribution < 1.29 is 57.8 Å². The zero-order valence-electron chi connectivity index (χ0n) is 56.1. The topological polar surface area (TPSA) is 279 Å². The van der Waals surface area contributed by atoms with Gasteiger partial charge in [-0.3, -0.25) is 52.7 Å². The second-order valence-corrected chi connectivity index (χ2v) is 26.1. The van der Waals surface area contributed by atoms with E-state index in [-0.39, 0.29) is 55.8 Å². The summed E-state index contributed by atoms with van der Waals surface area (Å²) in [4.78, 5) is 169. The predicted molar refractivity (Wildman–Crippen MR) is 328 cm³/mol. The van der Waals surface area contributed by atoms with Gasteiger partial charge < -0.3 is 60.7 Å². The standard InChI is InChI=1S/C62H111N11O12/c1-25-27-28-40(15)52(75)51-56(79)65-43(26-2)58(81)67(18)33-48(74)68(19)44(29-34(3)4)55(78)66-49(38(11)12)61(84)69(20)45(30-35(5)6)54(77)63-41(16)53(76)64-42(17)57(80)70(21)46(31-36(7)8)59(82)71(22)47(32-37(9)10)60(83)72(23)50(39(13)14)62(85)73(51)24/h25,27,34-47,49-52,75H,26,28-33H2,1-24H3,(H,63,77)(H,64,76)(H,65,79)(H,66,78)/b27-25+/t40-,41-,42-,43+,44-,45+,46-,47-,49-,50+,51-,52-/m1/s1. The smallest absolute Gasteiger partial charge is 0.246 e. The molecule has 1 aliphatic heterocycles. The number of carbonyl (C=O) groups is 11. The fourth-order valence-corrected chi connectivity index (χ4v) is 10.7. The van der Waals surface area contributed by atoms with Crippen LogP contribution in [0.3, 0.4) is 0 Å². The lowest BCUT2D eigenvalue weighted by Gasteiger charge is -2.41. The number of nitrogens with one attached hydrogen (secondary N) is 4. The second kappa shape index (κ2) is 34.9. The Morgan fingerprint density at radius 3 is 1.32 bits per heavy atom. The lowest BCUT2D eigenvalue weighted by atomic mass is 9.91. The van der Waals surface area contributed by atoms with Crippen LogP contribution in [0, 0.1) is 41.4 Å².